The lowest BCUT2D eigenvalue weighted by molar-refractivity contribution is -0.137. The molecular weight excluding hydrogens is 276 g/mol. The van der Waals surface area contributed by atoms with Gasteiger partial charge in [-0.2, -0.15) is 0 Å². The molecule has 0 aliphatic heterocycles. The zero-order valence-electron chi connectivity index (χ0n) is 12.0. The third-order valence-electron chi connectivity index (χ3n) is 3.15. The summed E-state index contributed by atoms with van der Waals surface area (Å²) in [5.74, 6) is -0.794. The van der Waals surface area contributed by atoms with Crippen LogP contribution in [0.5, 0.6) is 0 Å². The van der Waals surface area contributed by atoms with Crippen LogP contribution in [0.4, 0.5) is 4.79 Å². The van der Waals surface area contributed by atoms with Gasteiger partial charge in [-0.15, -0.1) is 11.3 Å². The molecule has 1 aromatic heterocycles. The first-order valence-corrected chi connectivity index (χ1v) is 7.63. The van der Waals surface area contributed by atoms with Crippen LogP contribution >= 0.6 is 11.3 Å². The second-order valence-electron chi connectivity index (χ2n) is 4.83. The molecule has 0 aliphatic rings. The van der Waals surface area contributed by atoms with Crippen LogP contribution < -0.4 is 5.32 Å². The van der Waals surface area contributed by atoms with Gasteiger partial charge in [0.15, 0.2) is 0 Å². The zero-order chi connectivity index (χ0) is 15.0. The predicted molar refractivity (Wildman–Crippen MR) is 80.1 cm³/mol. The van der Waals surface area contributed by atoms with Crippen LogP contribution in [0.2, 0.25) is 0 Å². The molecule has 112 valence electrons. The third kappa shape index (κ3) is 6.06. The number of unbranched alkanes of at least 4 members (excludes halogenated alkanes) is 1. The molecule has 2 N–H and O–H groups in total. The predicted octanol–water partition coefficient (Wildman–Crippen LogP) is 2.58. The Kier molecular flexibility index (Phi) is 7.08. The molecule has 0 aromatic carbocycles. The maximum atomic E-state index is 11.9. The molecule has 5 nitrogen and oxygen atoms in total. The number of carbonyl (C=O) groups excluding carboxylic acids is 1. The fourth-order valence-corrected chi connectivity index (χ4v) is 2.60. The molecule has 1 rings (SSSR count). The molecule has 0 saturated carbocycles. The minimum atomic E-state index is -0.794. The molecule has 1 unspecified atom stereocenters. The van der Waals surface area contributed by atoms with Crippen molar-refractivity contribution in [1.82, 2.24) is 10.2 Å². The first-order valence-electron chi connectivity index (χ1n) is 6.75. The summed E-state index contributed by atoms with van der Waals surface area (Å²) in [6.07, 6.45) is 2.27. The van der Waals surface area contributed by atoms with E-state index in [1.165, 1.54) is 4.88 Å². The second kappa shape index (κ2) is 8.58. The number of amides is 2. The number of hydrogen-bond acceptors (Lipinski definition) is 3. The molecule has 6 heteroatoms. The van der Waals surface area contributed by atoms with Crippen molar-refractivity contribution in [3.63, 3.8) is 0 Å². The Labute approximate surface area is 123 Å². The van der Waals surface area contributed by atoms with E-state index >= 15 is 0 Å². The number of nitrogens with zero attached hydrogens (tertiary/aromatic N) is 1. The molecule has 0 aliphatic carbocycles. The van der Waals surface area contributed by atoms with Crippen molar-refractivity contribution in [1.29, 1.82) is 0 Å². The van der Waals surface area contributed by atoms with Crippen molar-refractivity contribution in [2.45, 2.75) is 38.6 Å². The maximum absolute atomic E-state index is 11.9. The lowest BCUT2D eigenvalue weighted by Crippen LogP contribution is -2.43. The summed E-state index contributed by atoms with van der Waals surface area (Å²) in [6.45, 7) is 2.53. The number of aliphatic carboxylic acids is 1. The van der Waals surface area contributed by atoms with Gasteiger partial charge in [-0.05, 0) is 31.2 Å². The second-order valence-corrected chi connectivity index (χ2v) is 5.86. The van der Waals surface area contributed by atoms with Crippen molar-refractivity contribution in [2.24, 2.45) is 0 Å². The van der Waals surface area contributed by atoms with E-state index in [1.54, 1.807) is 23.3 Å². The molecular formula is C14H22N2O3S. The summed E-state index contributed by atoms with van der Waals surface area (Å²) in [5, 5.41) is 13.4. The molecule has 0 fully saturated rings. The van der Waals surface area contributed by atoms with Gasteiger partial charge in [0.2, 0.25) is 0 Å². The van der Waals surface area contributed by atoms with E-state index in [0.717, 1.165) is 6.42 Å². The number of urea groups is 1. The Morgan fingerprint density at radius 2 is 2.20 bits per heavy atom. The maximum Gasteiger partial charge on any atom is 0.317 e. The highest BCUT2D eigenvalue weighted by Gasteiger charge is 2.15. The Morgan fingerprint density at radius 1 is 1.45 bits per heavy atom. The number of thiophene rings is 1. The number of likely N-dealkylation sites (N-methyl/N-ethyl adjacent to an activating group) is 1. The Balaban J connectivity index is 2.22. The van der Waals surface area contributed by atoms with E-state index in [0.29, 0.717) is 19.4 Å². The smallest absolute Gasteiger partial charge is 0.317 e. The van der Waals surface area contributed by atoms with E-state index in [9.17, 15) is 9.59 Å². The van der Waals surface area contributed by atoms with Gasteiger partial charge in [0.05, 0.1) is 0 Å². The molecule has 0 radical (unpaired) electrons. The quantitative estimate of drug-likeness (QED) is 0.725. The molecule has 1 aromatic rings. The van der Waals surface area contributed by atoms with Crippen molar-refractivity contribution in [3.8, 4) is 0 Å². The highest BCUT2D eigenvalue weighted by Crippen LogP contribution is 2.13. The first kappa shape index (κ1) is 16.5. The number of nitrogens with one attached hydrogen (secondary N) is 1. The molecule has 20 heavy (non-hydrogen) atoms. The van der Waals surface area contributed by atoms with Crippen LogP contribution in [-0.2, 0) is 11.2 Å². The van der Waals surface area contributed by atoms with Gasteiger partial charge in [-0.3, -0.25) is 4.79 Å². The fraction of sp³-hybridized carbons (Fsp3) is 0.571. The number of carbonyl (C=O) groups is 2. The normalized spacial score (nSPS) is 11.9. The van der Waals surface area contributed by atoms with Crippen LogP contribution in [0, 0.1) is 0 Å². The average Bonchev–Trinajstić information content (AvgIpc) is 2.89. The molecule has 2 amide bonds. The van der Waals surface area contributed by atoms with E-state index in [1.807, 2.05) is 18.4 Å². The molecule has 0 bridgehead atoms. The van der Waals surface area contributed by atoms with Crippen molar-refractivity contribution in [2.75, 3.05) is 13.6 Å². The standard InChI is InChI=1S/C14H22N2O3S/c1-11(10-12-6-5-9-20-12)16(2)14(19)15-8-4-3-7-13(17)18/h5-6,9,11H,3-4,7-8,10H2,1-2H3,(H,15,19)(H,17,18). The van der Waals surface area contributed by atoms with Crippen LogP contribution in [0.3, 0.4) is 0 Å². The minimum Gasteiger partial charge on any atom is -0.481 e. The van der Waals surface area contributed by atoms with E-state index < -0.39 is 5.97 Å². The number of rotatable bonds is 8. The third-order valence-corrected chi connectivity index (χ3v) is 4.05. The summed E-state index contributed by atoms with van der Waals surface area (Å²) in [6, 6.07) is 4.10. The Hall–Kier alpha value is -1.56. The van der Waals surface area contributed by atoms with Gasteiger partial charge in [0.25, 0.3) is 0 Å². The van der Waals surface area contributed by atoms with Crippen molar-refractivity contribution in [3.05, 3.63) is 22.4 Å². The number of carboxylic acid groups (broad SMARTS) is 1. The topological polar surface area (TPSA) is 69.6 Å². The van der Waals surface area contributed by atoms with Crippen molar-refractivity contribution >= 4 is 23.3 Å². The Bertz CT molecular complexity index is 420. The van der Waals surface area contributed by atoms with Crippen LogP contribution in [0.25, 0.3) is 0 Å². The summed E-state index contributed by atoms with van der Waals surface area (Å²) in [7, 11) is 1.78. The van der Waals surface area contributed by atoms with Crippen LogP contribution in [0.1, 0.15) is 31.1 Å². The highest BCUT2D eigenvalue weighted by atomic mass is 32.1. The van der Waals surface area contributed by atoms with Crippen LogP contribution in [-0.4, -0.2) is 41.6 Å². The number of hydrogen-bond donors (Lipinski definition) is 2. The minimum absolute atomic E-state index is 0.107. The number of carboxylic acids is 1. The molecule has 0 saturated heterocycles. The fourth-order valence-electron chi connectivity index (χ4n) is 1.78. The van der Waals surface area contributed by atoms with Gasteiger partial charge < -0.3 is 15.3 Å². The van der Waals surface area contributed by atoms with Crippen LogP contribution in [0.15, 0.2) is 17.5 Å². The molecule has 1 atom stereocenters. The lowest BCUT2D eigenvalue weighted by atomic mass is 10.2. The van der Waals surface area contributed by atoms with E-state index in [-0.39, 0.29) is 18.5 Å². The summed E-state index contributed by atoms with van der Waals surface area (Å²) < 4.78 is 0. The van der Waals surface area contributed by atoms with Gasteiger partial charge in [0, 0.05) is 37.4 Å². The lowest BCUT2D eigenvalue weighted by Gasteiger charge is -2.24. The largest absolute Gasteiger partial charge is 0.481 e. The zero-order valence-corrected chi connectivity index (χ0v) is 12.8. The first-order chi connectivity index (χ1) is 9.50. The van der Waals surface area contributed by atoms with Crippen molar-refractivity contribution < 1.29 is 14.7 Å². The monoisotopic (exact) mass is 298 g/mol. The highest BCUT2D eigenvalue weighted by molar-refractivity contribution is 7.09. The van der Waals surface area contributed by atoms with E-state index in [4.69, 9.17) is 5.11 Å². The summed E-state index contributed by atoms with van der Waals surface area (Å²) >= 11 is 1.69. The SMILES string of the molecule is CC(Cc1cccs1)N(C)C(=O)NCCCCC(=O)O. The van der Waals surface area contributed by atoms with Gasteiger partial charge in [-0.25, -0.2) is 4.79 Å². The molecule has 0 spiro atoms. The average molecular weight is 298 g/mol. The summed E-state index contributed by atoms with van der Waals surface area (Å²) in [5.41, 5.74) is 0. The van der Waals surface area contributed by atoms with Gasteiger partial charge in [0.1, 0.15) is 0 Å². The molecule has 1 heterocycles. The van der Waals surface area contributed by atoms with Gasteiger partial charge in [-0.1, -0.05) is 6.07 Å². The van der Waals surface area contributed by atoms with E-state index in [2.05, 4.69) is 11.4 Å². The van der Waals surface area contributed by atoms with Gasteiger partial charge >= 0.3 is 12.0 Å². The summed E-state index contributed by atoms with van der Waals surface area (Å²) in [4.78, 5) is 25.2. The Morgan fingerprint density at radius 3 is 2.80 bits per heavy atom.